The van der Waals surface area contributed by atoms with E-state index in [2.05, 4.69) is 0 Å². The molecule has 1 aliphatic carbocycles. The van der Waals surface area contributed by atoms with Crippen LogP contribution in [0.1, 0.15) is 46.0 Å². The molecule has 0 aromatic heterocycles. The van der Waals surface area contributed by atoms with Gasteiger partial charge in [0.25, 0.3) is 0 Å². The Balaban J connectivity index is 2.71. The second-order valence-electron chi connectivity index (χ2n) is 5.03. The molecule has 1 saturated carbocycles. The summed E-state index contributed by atoms with van der Waals surface area (Å²) in [5.41, 5.74) is -4.07. The Bertz CT molecular complexity index is 292. The molecule has 0 aliphatic heterocycles. The third-order valence-electron chi connectivity index (χ3n) is 3.91. The molecule has 1 aliphatic rings. The van der Waals surface area contributed by atoms with Crippen LogP contribution in [-0.4, -0.2) is 10.6 Å². The highest BCUT2D eigenvalue weighted by atomic mass is 31.2. The zero-order valence-corrected chi connectivity index (χ0v) is 10.4. The first-order valence-corrected chi connectivity index (χ1v) is 7.08. The van der Waals surface area contributed by atoms with Gasteiger partial charge in [-0.05, 0) is 31.1 Å². The Morgan fingerprint density at radius 1 is 1.44 bits per heavy atom. The van der Waals surface area contributed by atoms with Crippen LogP contribution >= 0.6 is 7.68 Å². The van der Waals surface area contributed by atoms with E-state index in [-0.39, 0.29) is 18.3 Å². The van der Waals surface area contributed by atoms with Gasteiger partial charge in [0.1, 0.15) is 0 Å². The first kappa shape index (κ1) is 14.0. The fraction of sp³-hybridized carbons (Fsp3) is 1.00. The van der Waals surface area contributed by atoms with Crippen molar-refractivity contribution in [2.24, 2.45) is 11.3 Å². The van der Waals surface area contributed by atoms with Crippen LogP contribution in [0, 0.1) is 11.3 Å². The van der Waals surface area contributed by atoms with Crippen LogP contribution in [0.2, 0.25) is 0 Å². The minimum Gasteiger partial charge on any atom is -0.317 e. The Labute approximate surface area is 93.8 Å². The van der Waals surface area contributed by atoms with Crippen LogP contribution in [-0.2, 0) is 4.57 Å². The Hall–Kier alpha value is -0.0200. The van der Waals surface area contributed by atoms with Crippen LogP contribution in [0.3, 0.4) is 0 Å². The fourth-order valence-corrected chi connectivity index (χ4v) is 2.95. The third kappa shape index (κ3) is 2.62. The van der Waals surface area contributed by atoms with Gasteiger partial charge >= 0.3 is 13.3 Å². The van der Waals surface area contributed by atoms with E-state index in [4.69, 9.17) is 4.89 Å². The minimum atomic E-state index is -5.82. The topological polar surface area (TPSA) is 37.3 Å². The molecule has 0 radical (unpaired) electrons. The van der Waals surface area contributed by atoms with E-state index in [1.807, 2.05) is 13.8 Å². The lowest BCUT2D eigenvalue weighted by atomic mass is 9.70. The van der Waals surface area contributed by atoms with Crippen molar-refractivity contribution in [2.75, 3.05) is 0 Å². The van der Waals surface area contributed by atoms with Crippen LogP contribution in [0.4, 0.5) is 13.0 Å². The number of alkyl halides is 2. The molecule has 0 heterocycles. The standard InChI is InChI=1S/C10H18F3O2P/c1-3-9(2)6-4-8(5-7-9)10(11,12)16(13,14)15/h8H,3-7H2,1-2H3,(H,14,15). The number of rotatable bonds is 3. The molecular weight excluding hydrogens is 240 g/mol. The number of halogens is 3. The zero-order chi connectivity index (χ0) is 12.6. The second-order valence-corrected chi connectivity index (χ2v) is 6.63. The van der Waals surface area contributed by atoms with Gasteiger partial charge in [-0.15, -0.1) is 0 Å². The summed E-state index contributed by atoms with van der Waals surface area (Å²) in [6, 6.07) is 0. The molecule has 1 unspecified atom stereocenters. The van der Waals surface area contributed by atoms with Gasteiger partial charge in [-0.1, -0.05) is 20.3 Å². The average molecular weight is 258 g/mol. The van der Waals surface area contributed by atoms with Gasteiger partial charge in [0.15, 0.2) is 0 Å². The van der Waals surface area contributed by atoms with Crippen molar-refractivity contribution in [3.63, 3.8) is 0 Å². The van der Waals surface area contributed by atoms with Crippen molar-refractivity contribution in [1.29, 1.82) is 0 Å². The lowest BCUT2D eigenvalue weighted by Crippen LogP contribution is -2.34. The fourth-order valence-electron chi connectivity index (χ4n) is 2.24. The van der Waals surface area contributed by atoms with Crippen molar-refractivity contribution in [3.05, 3.63) is 0 Å². The van der Waals surface area contributed by atoms with Gasteiger partial charge in [0.2, 0.25) is 0 Å². The van der Waals surface area contributed by atoms with E-state index in [9.17, 15) is 17.5 Å². The smallest absolute Gasteiger partial charge is 0.317 e. The Morgan fingerprint density at radius 2 is 1.88 bits per heavy atom. The molecule has 0 saturated heterocycles. The number of hydrogen-bond acceptors (Lipinski definition) is 1. The van der Waals surface area contributed by atoms with Crippen molar-refractivity contribution in [3.8, 4) is 0 Å². The maximum absolute atomic E-state index is 13.3. The van der Waals surface area contributed by atoms with E-state index < -0.39 is 19.3 Å². The van der Waals surface area contributed by atoms with Crippen molar-refractivity contribution in [2.45, 2.75) is 51.6 Å². The summed E-state index contributed by atoms with van der Waals surface area (Å²) in [5, 5.41) is 0. The van der Waals surface area contributed by atoms with Crippen molar-refractivity contribution < 1.29 is 22.4 Å². The summed E-state index contributed by atoms with van der Waals surface area (Å²) >= 11 is 0. The first-order valence-electron chi connectivity index (χ1n) is 5.53. The van der Waals surface area contributed by atoms with E-state index in [0.29, 0.717) is 12.8 Å². The molecule has 1 N–H and O–H groups in total. The van der Waals surface area contributed by atoms with Gasteiger partial charge in [0, 0.05) is 5.92 Å². The molecule has 0 aromatic carbocycles. The summed E-state index contributed by atoms with van der Waals surface area (Å²) < 4.78 is 49.7. The molecule has 1 fully saturated rings. The highest BCUT2D eigenvalue weighted by Crippen LogP contribution is 2.64. The van der Waals surface area contributed by atoms with E-state index >= 15 is 0 Å². The molecule has 1 atom stereocenters. The molecule has 16 heavy (non-hydrogen) atoms. The van der Waals surface area contributed by atoms with Gasteiger partial charge in [-0.25, -0.2) is 4.57 Å². The summed E-state index contributed by atoms with van der Waals surface area (Å²) in [7, 11) is -5.82. The second kappa shape index (κ2) is 4.34. The van der Waals surface area contributed by atoms with Gasteiger partial charge in [-0.3, -0.25) is 0 Å². The normalized spacial score (nSPS) is 35.8. The molecule has 0 bridgehead atoms. The molecule has 6 heteroatoms. The lowest BCUT2D eigenvalue weighted by molar-refractivity contribution is -0.0266. The van der Waals surface area contributed by atoms with E-state index in [1.165, 1.54) is 0 Å². The summed E-state index contributed by atoms with van der Waals surface area (Å²) in [4.78, 5) is 8.42. The number of hydrogen-bond donors (Lipinski definition) is 1. The lowest BCUT2D eigenvalue weighted by Gasteiger charge is -2.39. The van der Waals surface area contributed by atoms with Crippen molar-refractivity contribution >= 4 is 7.68 Å². The van der Waals surface area contributed by atoms with Gasteiger partial charge < -0.3 is 4.89 Å². The maximum Gasteiger partial charge on any atom is 0.433 e. The third-order valence-corrected chi connectivity index (χ3v) is 5.01. The average Bonchev–Trinajstić information content (AvgIpc) is 2.17. The molecule has 0 amide bonds. The minimum absolute atomic E-state index is 0.0162. The van der Waals surface area contributed by atoms with E-state index in [1.54, 1.807) is 0 Å². The first-order chi connectivity index (χ1) is 7.12. The van der Waals surface area contributed by atoms with Crippen LogP contribution in [0.15, 0.2) is 0 Å². The van der Waals surface area contributed by atoms with Crippen molar-refractivity contribution in [1.82, 2.24) is 0 Å². The van der Waals surface area contributed by atoms with Gasteiger partial charge in [-0.2, -0.15) is 13.0 Å². The predicted molar refractivity (Wildman–Crippen MR) is 56.2 cm³/mol. The molecule has 2 nitrogen and oxygen atoms in total. The van der Waals surface area contributed by atoms with E-state index in [0.717, 1.165) is 6.42 Å². The monoisotopic (exact) mass is 258 g/mol. The summed E-state index contributed by atoms with van der Waals surface area (Å²) in [6.07, 6.45) is 2.24. The maximum atomic E-state index is 13.3. The Morgan fingerprint density at radius 3 is 2.19 bits per heavy atom. The Kier molecular flexibility index (Phi) is 3.81. The quantitative estimate of drug-likeness (QED) is 0.764. The highest BCUT2D eigenvalue weighted by molar-refractivity contribution is 7.53. The molecule has 1 rings (SSSR count). The summed E-state index contributed by atoms with van der Waals surface area (Å²) in [6.45, 7) is 4.00. The summed E-state index contributed by atoms with van der Waals surface area (Å²) in [5.74, 6) is -1.30. The highest BCUT2D eigenvalue weighted by Gasteiger charge is 2.57. The molecule has 0 aromatic rings. The SMILES string of the molecule is CCC1(C)CCC(C(F)(F)P(=O)(O)F)CC1. The molecule has 0 spiro atoms. The largest absolute Gasteiger partial charge is 0.433 e. The van der Waals surface area contributed by atoms with Gasteiger partial charge in [0.05, 0.1) is 0 Å². The predicted octanol–water partition coefficient (Wildman–Crippen LogP) is 4.34. The molecular formula is C10H18F3O2P. The van der Waals surface area contributed by atoms with Crippen LogP contribution < -0.4 is 0 Å². The van der Waals surface area contributed by atoms with Crippen LogP contribution in [0.5, 0.6) is 0 Å². The zero-order valence-electron chi connectivity index (χ0n) is 9.55. The van der Waals surface area contributed by atoms with Crippen LogP contribution in [0.25, 0.3) is 0 Å². The molecule has 96 valence electrons.